The number of aliphatic hydroxyl groups excluding tert-OH is 1. The number of aliphatic hydroxyl groups is 1. The van der Waals surface area contributed by atoms with E-state index in [1.165, 1.54) is 0 Å². The smallest absolute Gasteiger partial charge is 0.308 e. The molecule has 1 atom stereocenters. The van der Waals surface area contributed by atoms with Gasteiger partial charge in [-0.15, -0.1) is 0 Å². The first-order valence-electron chi connectivity index (χ1n) is 4.59. The van der Waals surface area contributed by atoms with Crippen LogP contribution < -0.4 is 0 Å². The van der Waals surface area contributed by atoms with Crippen molar-refractivity contribution in [2.75, 3.05) is 6.61 Å². The zero-order valence-corrected chi connectivity index (χ0v) is 9.29. The third-order valence-corrected chi connectivity index (χ3v) is 1.65. The molecule has 0 amide bonds. The van der Waals surface area contributed by atoms with Gasteiger partial charge in [-0.25, -0.2) is 0 Å². The molecule has 0 saturated heterocycles. The summed E-state index contributed by atoms with van der Waals surface area (Å²) in [6.45, 7) is 9.41. The molecule has 0 fully saturated rings. The van der Waals surface area contributed by atoms with E-state index in [1.807, 2.05) is 6.92 Å². The molecule has 2 N–H and O–H groups in total. The first kappa shape index (κ1) is 14.9. The second-order valence-corrected chi connectivity index (χ2v) is 4.25. The molecule has 0 heterocycles. The molecule has 0 radical (unpaired) electrons. The van der Waals surface area contributed by atoms with Gasteiger partial charge in [-0.05, 0) is 26.7 Å². The molecule has 0 aromatic rings. The topological polar surface area (TPSA) is 57.5 Å². The lowest BCUT2D eigenvalue weighted by molar-refractivity contribution is -0.145. The highest BCUT2D eigenvalue weighted by Gasteiger charge is 2.18. The molecule has 0 saturated carbocycles. The van der Waals surface area contributed by atoms with E-state index in [2.05, 4.69) is 6.92 Å². The van der Waals surface area contributed by atoms with Crippen molar-refractivity contribution in [3.63, 3.8) is 0 Å². The van der Waals surface area contributed by atoms with E-state index in [0.29, 0.717) is 12.5 Å². The Morgan fingerprint density at radius 3 is 1.69 bits per heavy atom. The van der Waals surface area contributed by atoms with E-state index in [0.717, 1.165) is 6.42 Å². The molecule has 80 valence electrons. The van der Waals surface area contributed by atoms with Crippen molar-refractivity contribution in [3.8, 4) is 0 Å². The molecule has 0 rings (SSSR count). The molecule has 3 nitrogen and oxygen atoms in total. The van der Waals surface area contributed by atoms with Gasteiger partial charge in [-0.1, -0.05) is 20.3 Å². The van der Waals surface area contributed by atoms with Gasteiger partial charge in [0.25, 0.3) is 0 Å². The Morgan fingerprint density at radius 1 is 1.38 bits per heavy atom. The largest absolute Gasteiger partial charge is 0.481 e. The number of rotatable bonds is 2. The van der Waals surface area contributed by atoms with Gasteiger partial charge in [-0.2, -0.15) is 0 Å². The lowest BCUT2D eigenvalue weighted by Gasteiger charge is -2.08. The van der Waals surface area contributed by atoms with E-state index in [-0.39, 0.29) is 0 Å². The maximum absolute atomic E-state index is 10.0. The van der Waals surface area contributed by atoms with Crippen LogP contribution in [0.25, 0.3) is 0 Å². The Bertz CT molecular complexity index is 132. The first-order valence-corrected chi connectivity index (χ1v) is 4.59. The SMILES string of the molecule is CC(C)(C)C(=O)O.CCC(C)CO. The summed E-state index contributed by atoms with van der Waals surface area (Å²) in [5.74, 6) is -0.266. The molecule has 0 spiro atoms. The lowest BCUT2D eigenvalue weighted by Crippen LogP contribution is -2.18. The molecule has 0 bridgehead atoms. The third-order valence-electron chi connectivity index (χ3n) is 1.65. The second-order valence-electron chi connectivity index (χ2n) is 4.25. The number of carboxylic acid groups (broad SMARTS) is 1. The van der Waals surface area contributed by atoms with Gasteiger partial charge in [0.1, 0.15) is 0 Å². The Labute approximate surface area is 80.8 Å². The predicted molar refractivity (Wildman–Crippen MR) is 53.6 cm³/mol. The van der Waals surface area contributed by atoms with Crippen LogP contribution in [0.5, 0.6) is 0 Å². The number of aliphatic carboxylic acids is 1. The average Bonchev–Trinajstić information content (AvgIpc) is 2.02. The molecule has 0 aliphatic carbocycles. The molecular weight excluding hydrogens is 168 g/mol. The number of carboxylic acids is 1. The molecule has 0 aromatic heterocycles. The molecular formula is C10H22O3. The van der Waals surface area contributed by atoms with E-state index in [9.17, 15) is 4.79 Å². The van der Waals surface area contributed by atoms with Crippen molar-refractivity contribution in [2.45, 2.75) is 41.0 Å². The van der Waals surface area contributed by atoms with E-state index in [1.54, 1.807) is 20.8 Å². The van der Waals surface area contributed by atoms with E-state index < -0.39 is 11.4 Å². The van der Waals surface area contributed by atoms with Crippen molar-refractivity contribution in [3.05, 3.63) is 0 Å². The van der Waals surface area contributed by atoms with Crippen molar-refractivity contribution in [1.29, 1.82) is 0 Å². The van der Waals surface area contributed by atoms with Crippen LogP contribution in [0.1, 0.15) is 41.0 Å². The van der Waals surface area contributed by atoms with Crippen LogP contribution in [0.4, 0.5) is 0 Å². The van der Waals surface area contributed by atoms with Crippen molar-refractivity contribution in [2.24, 2.45) is 11.3 Å². The van der Waals surface area contributed by atoms with Gasteiger partial charge >= 0.3 is 5.97 Å². The Hall–Kier alpha value is -0.570. The minimum Gasteiger partial charge on any atom is -0.481 e. The number of hydrogen-bond acceptors (Lipinski definition) is 2. The van der Waals surface area contributed by atoms with E-state index in [4.69, 9.17) is 10.2 Å². The highest BCUT2D eigenvalue weighted by atomic mass is 16.4. The Kier molecular flexibility index (Phi) is 7.92. The third kappa shape index (κ3) is 11.4. The Morgan fingerprint density at radius 2 is 1.69 bits per heavy atom. The minimum absolute atomic E-state index is 0.330. The summed E-state index contributed by atoms with van der Waals surface area (Å²) in [5, 5.41) is 16.6. The first-order chi connectivity index (χ1) is 5.75. The number of hydrogen-bond donors (Lipinski definition) is 2. The van der Waals surface area contributed by atoms with Crippen LogP contribution in [-0.4, -0.2) is 22.8 Å². The summed E-state index contributed by atoms with van der Waals surface area (Å²) in [5.41, 5.74) is -0.583. The van der Waals surface area contributed by atoms with Crippen LogP contribution in [0.15, 0.2) is 0 Å². The molecule has 0 aliphatic rings. The maximum atomic E-state index is 10.0. The van der Waals surface area contributed by atoms with Crippen molar-refractivity contribution in [1.82, 2.24) is 0 Å². The molecule has 0 aromatic carbocycles. The normalized spacial score (nSPS) is 12.8. The molecule has 3 heteroatoms. The van der Waals surface area contributed by atoms with Crippen LogP contribution in [0.3, 0.4) is 0 Å². The van der Waals surface area contributed by atoms with Gasteiger partial charge < -0.3 is 10.2 Å². The maximum Gasteiger partial charge on any atom is 0.308 e. The zero-order chi connectivity index (χ0) is 11.1. The number of carbonyl (C=O) groups is 1. The fraction of sp³-hybridized carbons (Fsp3) is 0.900. The van der Waals surface area contributed by atoms with E-state index >= 15 is 0 Å². The van der Waals surface area contributed by atoms with Gasteiger partial charge in [0, 0.05) is 6.61 Å². The van der Waals surface area contributed by atoms with Crippen molar-refractivity contribution >= 4 is 5.97 Å². The molecule has 0 aliphatic heterocycles. The summed E-state index contributed by atoms with van der Waals surface area (Å²) >= 11 is 0. The van der Waals surface area contributed by atoms with Gasteiger partial charge in [0.05, 0.1) is 5.41 Å². The van der Waals surface area contributed by atoms with Crippen LogP contribution in [0.2, 0.25) is 0 Å². The van der Waals surface area contributed by atoms with Gasteiger partial charge in [0.2, 0.25) is 0 Å². The summed E-state index contributed by atoms with van der Waals surface area (Å²) in [6.07, 6.45) is 1.08. The molecule has 1 unspecified atom stereocenters. The summed E-state index contributed by atoms with van der Waals surface area (Å²) in [6, 6.07) is 0. The minimum atomic E-state index is -0.757. The Balaban J connectivity index is 0. The molecule has 13 heavy (non-hydrogen) atoms. The second kappa shape index (κ2) is 6.89. The van der Waals surface area contributed by atoms with Gasteiger partial charge in [0.15, 0.2) is 0 Å². The van der Waals surface area contributed by atoms with Crippen molar-refractivity contribution < 1.29 is 15.0 Å². The zero-order valence-electron chi connectivity index (χ0n) is 9.29. The quantitative estimate of drug-likeness (QED) is 0.701. The average molecular weight is 190 g/mol. The standard InChI is InChI=1S/C5H10O2.C5H12O/c1-5(2,3)4(6)7;1-3-5(2)4-6/h1-3H3,(H,6,7);5-6H,3-4H2,1-2H3. The van der Waals surface area contributed by atoms with Gasteiger partial charge in [-0.3, -0.25) is 4.79 Å². The fourth-order valence-corrected chi connectivity index (χ4v) is 0.129. The monoisotopic (exact) mass is 190 g/mol. The summed E-state index contributed by atoms with van der Waals surface area (Å²) in [4.78, 5) is 10.0. The lowest BCUT2D eigenvalue weighted by atomic mass is 9.98. The highest BCUT2D eigenvalue weighted by molar-refractivity contribution is 5.72. The summed E-state index contributed by atoms with van der Waals surface area (Å²) < 4.78 is 0. The van der Waals surface area contributed by atoms with Crippen LogP contribution >= 0.6 is 0 Å². The predicted octanol–water partition coefficient (Wildman–Crippen LogP) is 2.14. The fourth-order valence-electron chi connectivity index (χ4n) is 0.129. The highest BCUT2D eigenvalue weighted by Crippen LogP contribution is 2.11. The summed E-state index contributed by atoms with van der Waals surface area (Å²) in [7, 11) is 0. The van der Waals surface area contributed by atoms with Crippen LogP contribution in [0, 0.1) is 11.3 Å². The van der Waals surface area contributed by atoms with Crippen LogP contribution in [-0.2, 0) is 4.79 Å².